The van der Waals surface area contributed by atoms with Crippen LogP contribution in [-0.2, 0) is 16.0 Å². The van der Waals surface area contributed by atoms with Crippen molar-refractivity contribution in [2.45, 2.75) is 43.6 Å². The van der Waals surface area contributed by atoms with Crippen LogP contribution < -0.4 is 5.32 Å². The first-order valence-electron chi connectivity index (χ1n) is 9.51. The summed E-state index contributed by atoms with van der Waals surface area (Å²) < 4.78 is 27.8. The number of hydrogen-bond acceptors (Lipinski definition) is 3. The highest BCUT2D eigenvalue weighted by molar-refractivity contribution is 7.08. The average Bonchev–Trinajstić information content (AvgIpc) is 3.21. The molecule has 0 aliphatic carbocycles. The first kappa shape index (κ1) is 19.1. The molecule has 4 rings (SSSR count). The predicted octanol–water partition coefficient (Wildman–Crippen LogP) is 3.62. The van der Waals surface area contributed by atoms with Gasteiger partial charge in [-0.2, -0.15) is 11.3 Å². The molecule has 1 spiro atoms. The molecule has 3 heterocycles. The molecular weight excluding hydrogens is 382 g/mol. The van der Waals surface area contributed by atoms with Gasteiger partial charge in [-0.15, -0.1) is 0 Å². The van der Waals surface area contributed by atoms with Crippen molar-refractivity contribution in [3.05, 3.63) is 57.8 Å². The predicted molar refractivity (Wildman–Crippen MR) is 103 cm³/mol. The summed E-state index contributed by atoms with van der Waals surface area (Å²) in [7, 11) is 0. The molecule has 0 bridgehead atoms. The monoisotopic (exact) mass is 404 g/mol. The number of nitrogens with one attached hydrogen (secondary N) is 1. The van der Waals surface area contributed by atoms with Crippen LogP contribution in [0.15, 0.2) is 35.0 Å². The highest BCUT2D eigenvalue weighted by Gasteiger charge is 2.49. The zero-order chi connectivity index (χ0) is 19.7. The van der Waals surface area contributed by atoms with E-state index in [1.165, 1.54) is 23.5 Å². The topological polar surface area (TPSA) is 49.4 Å². The zero-order valence-electron chi connectivity index (χ0n) is 15.4. The molecule has 1 aromatic carbocycles. The second-order valence-corrected chi connectivity index (χ2v) is 8.53. The second-order valence-electron chi connectivity index (χ2n) is 7.75. The molecule has 28 heavy (non-hydrogen) atoms. The van der Waals surface area contributed by atoms with E-state index in [-0.39, 0.29) is 24.2 Å². The molecular formula is C21H22F2N2O2S. The third-order valence-corrected chi connectivity index (χ3v) is 6.52. The summed E-state index contributed by atoms with van der Waals surface area (Å²) in [5.74, 6) is -1.73. The molecule has 1 N–H and O–H groups in total. The number of amides is 2. The van der Waals surface area contributed by atoms with E-state index in [4.69, 9.17) is 0 Å². The molecule has 2 aromatic rings. The van der Waals surface area contributed by atoms with Crippen LogP contribution in [0.5, 0.6) is 0 Å². The lowest BCUT2D eigenvalue weighted by atomic mass is 9.79. The number of carbonyl (C=O) groups excluding carboxylic acids is 2. The fourth-order valence-electron chi connectivity index (χ4n) is 4.49. The van der Waals surface area contributed by atoms with E-state index >= 15 is 0 Å². The van der Waals surface area contributed by atoms with Crippen molar-refractivity contribution in [1.82, 2.24) is 10.2 Å². The van der Waals surface area contributed by atoms with Crippen molar-refractivity contribution >= 4 is 23.2 Å². The zero-order valence-corrected chi connectivity index (χ0v) is 16.2. The molecule has 2 aliphatic rings. The number of likely N-dealkylation sites (tertiary alicyclic amines) is 1. The summed E-state index contributed by atoms with van der Waals surface area (Å²) in [6, 6.07) is 5.40. The number of carbonyl (C=O) groups is 2. The van der Waals surface area contributed by atoms with Gasteiger partial charge in [-0.05, 0) is 52.9 Å². The summed E-state index contributed by atoms with van der Waals surface area (Å²) >= 11 is 1.54. The molecule has 4 nitrogen and oxygen atoms in total. The van der Waals surface area contributed by atoms with E-state index in [9.17, 15) is 18.4 Å². The van der Waals surface area contributed by atoms with Gasteiger partial charge in [0, 0.05) is 31.5 Å². The van der Waals surface area contributed by atoms with Gasteiger partial charge in [0.15, 0.2) is 0 Å². The highest BCUT2D eigenvalue weighted by atomic mass is 32.1. The molecule has 2 atom stereocenters. The Kier molecular flexibility index (Phi) is 5.19. The smallest absolute Gasteiger partial charge is 0.227 e. The summed E-state index contributed by atoms with van der Waals surface area (Å²) in [6.45, 7) is 0.705. The summed E-state index contributed by atoms with van der Waals surface area (Å²) in [4.78, 5) is 26.9. The number of rotatable bonds is 3. The molecule has 148 valence electrons. The maximum atomic E-state index is 13.9. The van der Waals surface area contributed by atoms with E-state index in [2.05, 4.69) is 5.32 Å². The first-order valence-corrected chi connectivity index (χ1v) is 10.5. The van der Waals surface area contributed by atoms with E-state index in [1.807, 2.05) is 16.8 Å². The van der Waals surface area contributed by atoms with E-state index in [0.717, 1.165) is 24.5 Å². The third kappa shape index (κ3) is 3.81. The Labute approximate surface area is 166 Å². The molecule has 7 heteroatoms. The minimum atomic E-state index is -0.682. The number of halogens is 2. The van der Waals surface area contributed by atoms with Crippen LogP contribution in [0.25, 0.3) is 0 Å². The molecule has 0 saturated carbocycles. The van der Waals surface area contributed by atoms with E-state index in [1.54, 1.807) is 4.90 Å². The number of benzene rings is 1. The van der Waals surface area contributed by atoms with Crippen LogP contribution in [0.4, 0.5) is 8.78 Å². The lowest BCUT2D eigenvalue weighted by Gasteiger charge is -2.34. The lowest BCUT2D eigenvalue weighted by Crippen LogP contribution is -2.53. The van der Waals surface area contributed by atoms with Crippen molar-refractivity contribution in [3.63, 3.8) is 0 Å². The van der Waals surface area contributed by atoms with Crippen molar-refractivity contribution in [2.24, 2.45) is 0 Å². The Morgan fingerprint density at radius 2 is 2.04 bits per heavy atom. The summed E-state index contributed by atoms with van der Waals surface area (Å²) in [5, 5.41) is 6.98. The van der Waals surface area contributed by atoms with Gasteiger partial charge in [-0.3, -0.25) is 9.59 Å². The Morgan fingerprint density at radius 1 is 1.25 bits per heavy atom. The Bertz CT molecular complexity index is 866. The number of nitrogens with zero attached hydrogens (tertiary/aromatic N) is 1. The van der Waals surface area contributed by atoms with Crippen LogP contribution in [0.2, 0.25) is 0 Å². The maximum Gasteiger partial charge on any atom is 0.227 e. The van der Waals surface area contributed by atoms with Crippen molar-refractivity contribution in [1.29, 1.82) is 0 Å². The Morgan fingerprint density at radius 3 is 2.75 bits per heavy atom. The summed E-state index contributed by atoms with van der Waals surface area (Å²) in [5.41, 5.74) is 0.762. The summed E-state index contributed by atoms with van der Waals surface area (Å²) in [6.07, 6.45) is 3.02. The average molecular weight is 404 g/mol. The standard InChI is InChI=1S/C21H22F2N2O2S/c22-16-8-15(9-17(23)10-16)18-11-25(20(27)7-14-4-6-28-12-14)13-21(18)5-2-1-3-19(26)24-21/h4,6,8-10,12,18H,1-3,5,7,11,13H2,(H,24,26)/t18-,21+/m0/s1. The van der Waals surface area contributed by atoms with Gasteiger partial charge in [0.25, 0.3) is 0 Å². The van der Waals surface area contributed by atoms with E-state index < -0.39 is 17.2 Å². The van der Waals surface area contributed by atoms with E-state index in [0.29, 0.717) is 31.5 Å². The van der Waals surface area contributed by atoms with Gasteiger partial charge in [-0.1, -0.05) is 6.42 Å². The SMILES string of the molecule is O=C1CCCC[C@]2(CN(C(=O)Cc3ccsc3)C[C@H]2c2cc(F)cc(F)c2)N1. The van der Waals surface area contributed by atoms with Crippen LogP contribution in [0.1, 0.15) is 42.7 Å². The van der Waals surface area contributed by atoms with Crippen LogP contribution in [0.3, 0.4) is 0 Å². The van der Waals surface area contributed by atoms with Crippen LogP contribution in [0, 0.1) is 11.6 Å². The lowest BCUT2D eigenvalue weighted by molar-refractivity contribution is -0.130. The van der Waals surface area contributed by atoms with Crippen LogP contribution in [-0.4, -0.2) is 35.3 Å². The van der Waals surface area contributed by atoms with Gasteiger partial charge in [0.1, 0.15) is 11.6 Å². The fourth-order valence-corrected chi connectivity index (χ4v) is 5.16. The molecule has 2 saturated heterocycles. The maximum absolute atomic E-state index is 13.9. The molecule has 2 aliphatic heterocycles. The minimum Gasteiger partial charge on any atom is -0.348 e. The molecule has 0 radical (unpaired) electrons. The van der Waals surface area contributed by atoms with Crippen molar-refractivity contribution in [3.8, 4) is 0 Å². The fraction of sp³-hybridized carbons (Fsp3) is 0.429. The van der Waals surface area contributed by atoms with Gasteiger partial charge >= 0.3 is 0 Å². The normalized spacial score (nSPS) is 25.0. The molecule has 0 unspecified atom stereocenters. The molecule has 2 fully saturated rings. The highest BCUT2D eigenvalue weighted by Crippen LogP contribution is 2.41. The second kappa shape index (κ2) is 7.62. The largest absolute Gasteiger partial charge is 0.348 e. The van der Waals surface area contributed by atoms with Gasteiger partial charge in [0.05, 0.1) is 12.0 Å². The van der Waals surface area contributed by atoms with Crippen molar-refractivity contribution < 1.29 is 18.4 Å². The Balaban J connectivity index is 1.66. The quantitative estimate of drug-likeness (QED) is 0.850. The Hall–Kier alpha value is -2.28. The van der Waals surface area contributed by atoms with Crippen LogP contribution >= 0.6 is 11.3 Å². The third-order valence-electron chi connectivity index (χ3n) is 5.78. The first-order chi connectivity index (χ1) is 13.4. The molecule has 2 amide bonds. The number of hydrogen-bond donors (Lipinski definition) is 1. The van der Waals surface area contributed by atoms with Gasteiger partial charge in [0.2, 0.25) is 11.8 Å². The number of thiophene rings is 1. The van der Waals surface area contributed by atoms with Gasteiger partial charge < -0.3 is 10.2 Å². The van der Waals surface area contributed by atoms with Gasteiger partial charge in [-0.25, -0.2) is 8.78 Å². The minimum absolute atomic E-state index is 0.0318. The molecule has 1 aromatic heterocycles. The van der Waals surface area contributed by atoms with Crippen molar-refractivity contribution in [2.75, 3.05) is 13.1 Å².